The van der Waals surface area contributed by atoms with Crippen molar-refractivity contribution in [3.8, 4) is 11.5 Å². The lowest BCUT2D eigenvalue weighted by Gasteiger charge is -2.25. The number of hydrogen-bond donors (Lipinski definition) is 1. The summed E-state index contributed by atoms with van der Waals surface area (Å²) in [6.45, 7) is 2.70. The van der Waals surface area contributed by atoms with E-state index in [0.717, 1.165) is 12.0 Å². The van der Waals surface area contributed by atoms with Crippen molar-refractivity contribution in [3.63, 3.8) is 0 Å². The molecular weight excluding hydrogens is 372 g/mol. The molecule has 0 spiro atoms. The number of carbonyl (C=O) groups is 1. The molecule has 28 heavy (non-hydrogen) atoms. The van der Waals surface area contributed by atoms with Gasteiger partial charge in [0.05, 0.1) is 6.04 Å². The Balaban J connectivity index is 1.50. The summed E-state index contributed by atoms with van der Waals surface area (Å²) in [6.07, 6.45) is 1.77. The van der Waals surface area contributed by atoms with Gasteiger partial charge < -0.3 is 14.6 Å². The van der Waals surface area contributed by atoms with E-state index in [-0.39, 0.29) is 11.9 Å². The summed E-state index contributed by atoms with van der Waals surface area (Å²) in [5.41, 5.74) is 3.42. The lowest BCUT2D eigenvalue weighted by molar-refractivity contribution is -0.121. The molecule has 148 valence electrons. The van der Waals surface area contributed by atoms with E-state index in [2.05, 4.69) is 51.6 Å². The number of carbonyl (C=O) groups excluding carboxylic acids is 1. The lowest BCUT2D eigenvalue weighted by Crippen LogP contribution is -2.34. The van der Waals surface area contributed by atoms with Crippen molar-refractivity contribution in [1.29, 1.82) is 0 Å². The average molecular weight is 399 g/mol. The number of amides is 1. The Bertz CT molecular complexity index is 872. The topological polar surface area (TPSA) is 71.3 Å². The summed E-state index contributed by atoms with van der Waals surface area (Å²) >= 11 is 1.58. The second-order valence-corrected chi connectivity index (χ2v) is 7.67. The first-order valence-electron chi connectivity index (χ1n) is 9.43. The second-order valence-electron chi connectivity index (χ2n) is 6.89. The van der Waals surface area contributed by atoms with Crippen molar-refractivity contribution in [2.75, 3.05) is 20.6 Å². The first-order valence-corrected chi connectivity index (χ1v) is 10.4. The van der Waals surface area contributed by atoms with Gasteiger partial charge in [0.2, 0.25) is 17.7 Å². The monoisotopic (exact) mass is 398 g/mol. The van der Waals surface area contributed by atoms with E-state index in [1.165, 1.54) is 11.1 Å². The van der Waals surface area contributed by atoms with Crippen LogP contribution in [-0.4, -0.2) is 41.6 Å². The van der Waals surface area contributed by atoms with E-state index in [1.54, 1.807) is 11.3 Å². The Morgan fingerprint density at radius 1 is 1.21 bits per heavy atom. The van der Waals surface area contributed by atoms with E-state index >= 15 is 0 Å². The Hall–Kier alpha value is -2.51. The van der Waals surface area contributed by atoms with Crippen LogP contribution in [0.1, 0.15) is 36.4 Å². The molecule has 0 fully saturated rings. The van der Waals surface area contributed by atoms with Crippen LogP contribution in [0, 0.1) is 0 Å². The largest absolute Gasteiger partial charge is 0.421 e. The van der Waals surface area contributed by atoms with Crippen molar-refractivity contribution in [2.45, 2.75) is 32.2 Å². The highest BCUT2D eigenvalue weighted by molar-refractivity contribution is 7.08. The Labute approximate surface area is 169 Å². The number of nitrogens with zero attached hydrogens (tertiary/aromatic N) is 3. The van der Waals surface area contributed by atoms with Crippen LogP contribution in [0.4, 0.5) is 0 Å². The molecule has 0 aliphatic carbocycles. The molecule has 6 nitrogen and oxygen atoms in total. The van der Waals surface area contributed by atoms with E-state index in [1.807, 2.05) is 30.9 Å². The fraction of sp³-hybridized carbons (Fsp3) is 0.381. The molecule has 3 rings (SSSR count). The summed E-state index contributed by atoms with van der Waals surface area (Å²) < 4.78 is 5.63. The van der Waals surface area contributed by atoms with Crippen LogP contribution in [0.25, 0.3) is 11.5 Å². The van der Waals surface area contributed by atoms with Crippen LogP contribution in [0.5, 0.6) is 0 Å². The number of rotatable bonds is 9. The first kappa shape index (κ1) is 20.2. The van der Waals surface area contributed by atoms with Gasteiger partial charge in [0.15, 0.2) is 0 Å². The quantitative estimate of drug-likeness (QED) is 0.595. The molecule has 0 radical (unpaired) electrons. The molecule has 1 atom stereocenters. The zero-order valence-electron chi connectivity index (χ0n) is 16.5. The molecule has 7 heteroatoms. The Morgan fingerprint density at radius 3 is 2.64 bits per heavy atom. The zero-order chi connectivity index (χ0) is 19.9. The van der Waals surface area contributed by atoms with Crippen LogP contribution in [0.3, 0.4) is 0 Å². The van der Waals surface area contributed by atoms with Crippen LogP contribution >= 0.6 is 11.3 Å². The maximum atomic E-state index is 12.3. The van der Waals surface area contributed by atoms with Gasteiger partial charge in [0.1, 0.15) is 0 Å². The molecule has 3 aromatic rings. The zero-order valence-corrected chi connectivity index (χ0v) is 17.3. The number of benzene rings is 1. The summed E-state index contributed by atoms with van der Waals surface area (Å²) in [7, 11) is 4.05. The normalized spacial score (nSPS) is 12.3. The average Bonchev–Trinajstić information content (AvgIpc) is 3.38. The molecular formula is C21H26N4O2S. The first-order chi connectivity index (χ1) is 13.6. The van der Waals surface area contributed by atoms with Crippen LogP contribution in [0.15, 0.2) is 45.5 Å². The highest BCUT2D eigenvalue weighted by Gasteiger charge is 2.16. The van der Waals surface area contributed by atoms with Crippen molar-refractivity contribution < 1.29 is 9.21 Å². The molecule has 1 N–H and O–H groups in total. The molecule has 0 aliphatic rings. The molecule has 1 amide bonds. The number of aromatic nitrogens is 2. The van der Waals surface area contributed by atoms with E-state index in [9.17, 15) is 4.79 Å². The van der Waals surface area contributed by atoms with Gasteiger partial charge in [0, 0.05) is 30.3 Å². The maximum absolute atomic E-state index is 12.3. The van der Waals surface area contributed by atoms with Gasteiger partial charge in [-0.25, -0.2) is 0 Å². The van der Waals surface area contributed by atoms with E-state index in [0.29, 0.717) is 31.2 Å². The second kappa shape index (κ2) is 9.61. The summed E-state index contributed by atoms with van der Waals surface area (Å²) in [5.74, 6) is 0.961. The van der Waals surface area contributed by atoms with E-state index in [4.69, 9.17) is 4.42 Å². The summed E-state index contributed by atoms with van der Waals surface area (Å²) in [4.78, 5) is 14.4. The molecule has 2 heterocycles. The number of thiophene rings is 1. The van der Waals surface area contributed by atoms with Gasteiger partial charge in [-0.15, -0.1) is 10.2 Å². The highest BCUT2D eigenvalue weighted by atomic mass is 32.1. The molecule has 0 saturated carbocycles. The molecule has 0 saturated heterocycles. The van der Waals surface area contributed by atoms with Crippen molar-refractivity contribution in [2.24, 2.45) is 0 Å². The fourth-order valence-electron chi connectivity index (χ4n) is 2.95. The SMILES string of the molecule is CCc1ccc(C(CNC(=O)CCc2nnc(-c3ccsc3)o2)N(C)C)cc1. The minimum Gasteiger partial charge on any atom is -0.421 e. The van der Waals surface area contributed by atoms with Gasteiger partial charge in [-0.2, -0.15) is 11.3 Å². The number of nitrogens with one attached hydrogen (secondary N) is 1. The van der Waals surface area contributed by atoms with Gasteiger partial charge >= 0.3 is 0 Å². The third-order valence-corrected chi connectivity index (χ3v) is 5.37. The molecule has 1 unspecified atom stereocenters. The summed E-state index contributed by atoms with van der Waals surface area (Å²) in [6, 6.07) is 10.6. The fourth-order valence-corrected chi connectivity index (χ4v) is 3.58. The van der Waals surface area contributed by atoms with Gasteiger partial charge in [0.25, 0.3) is 0 Å². The van der Waals surface area contributed by atoms with Crippen LogP contribution in [0.2, 0.25) is 0 Å². The van der Waals surface area contributed by atoms with Crippen molar-refractivity contribution in [3.05, 3.63) is 58.1 Å². The van der Waals surface area contributed by atoms with Crippen molar-refractivity contribution in [1.82, 2.24) is 20.4 Å². The third kappa shape index (κ3) is 5.27. The van der Waals surface area contributed by atoms with Gasteiger partial charge in [-0.1, -0.05) is 31.2 Å². The predicted molar refractivity (Wildman–Crippen MR) is 111 cm³/mol. The number of hydrogen-bond acceptors (Lipinski definition) is 6. The standard InChI is InChI=1S/C21H26N4O2S/c1-4-15-5-7-16(8-6-15)18(25(2)3)13-22-19(26)9-10-20-23-24-21(27-20)17-11-12-28-14-17/h5-8,11-12,14,18H,4,9-10,13H2,1-3H3,(H,22,26). The van der Waals surface area contributed by atoms with Gasteiger partial charge in [-0.3, -0.25) is 4.79 Å². The number of likely N-dealkylation sites (N-methyl/N-ethyl adjacent to an activating group) is 1. The summed E-state index contributed by atoms with van der Waals surface area (Å²) in [5, 5.41) is 15.0. The third-order valence-electron chi connectivity index (χ3n) is 4.69. The molecule has 2 aromatic heterocycles. The van der Waals surface area contributed by atoms with Crippen LogP contribution < -0.4 is 5.32 Å². The minimum atomic E-state index is -0.0210. The Morgan fingerprint density at radius 2 is 2.00 bits per heavy atom. The maximum Gasteiger partial charge on any atom is 0.248 e. The predicted octanol–water partition coefficient (Wildman–Crippen LogP) is 3.71. The lowest BCUT2D eigenvalue weighted by atomic mass is 10.0. The van der Waals surface area contributed by atoms with Crippen LogP contribution in [-0.2, 0) is 17.6 Å². The smallest absolute Gasteiger partial charge is 0.248 e. The molecule has 1 aromatic carbocycles. The van der Waals surface area contributed by atoms with Gasteiger partial charge in [-0.05, 0) is 43.1 Å². The van der Waals surface area contributed by atoms with Crippen molar-refractivity contribution >= 4 is 17.2 Å². The Kier molecular flexibility index (Phi) is 6.95. The molecule has 0 bridgehead atoms. The molecule has 0 aliphatic heterocycles. The minimum absolute atomic E-state index is 0.0210. The van der Waals surface area contributed by atoms with E-state index < -0.39 is 0 Å². The number of aryl methyl sites for hydroxylation is 2. The highest BCUT2D eigenvalue weighted by Crippen LogP contribution is 2.21.